The Balaban J connectivity index is 1.73. The predicted molar refractivity (Wildman–Crippen MR) is 105 cm³/mol. The van der Waals surface area contributed by atoms with Crippen molar-refractivity contribution in [1.82, 2.24) is 15.0 Å². The smallest absolute Gasteiger partial charge is 0.323 e. The van der Waals surface area contributed by atoms with Crippen molar-refractivity contribution in [2.24, 2.45) is 0 Å². The zero-order valence-corrected chi connectivity index (χ0v) is 15.6. The van der Waals surface area contributed by atoms with E-state index in [-0.39, 0.29) is 11.6 Å². The number of hydrogen-bond donors (Lipinski definition) is 3. The highest BCUT2D eigenvalue weighted by Crippen LogP contribution is 2.33. The van der Waals surface area contributed by atoms with E-state index in [1.807, 2.05) is 26.0 Å². The normalized spacial score (nSPS) is 14.3. The van der Waals surface area contributed by atoms with Gasteiger partial charge in [0.2, 0.25) is 0 Å². The number of carbonyl (C=O) groups excluding carboxylic acids is 1. The lowest BCUT2D eigenvalue weighted by Gasteiger charge is -2.21. The number of imidazole rings is 1. The zero-order valence-electron chi connectivity index (χ0n) is 14.8. The third-order valence-corrected chi connectivity index (χ3v) is 5.98. The molecule has 0 unspecified atom stereocenters. The first-order valence-electron chi connectivity index (χ1n) is 8.84. The lowest BCUT2D eigenvalue weighted by Crippen LogP contribution is -2.21. The SMILES string of the molecule is CCc1nc(C)c(C(=O)Nc2cc3[nH]c(=O)[nH]c3cc2N2CCCC2)s1. The summed E-state index contributed by atoms with van der Waals surface area (Å²) in [6, 6.07) is 3.76. The van der Waals surface area contributed by atoms with Crippen LogP contribution in [0.4, 0.5) is 11.4 Å². The molecule has 0 radical (unpaired) electrons. The number of aromatic nitrogens is 3. The van der Waals surface area contributed by atoms with E-state index < -0.39 is 0 Å². The Kier molecular flexibility index (Phi) is 4.28. The van der Waals surface area contributed by atoms with Gasteiger partial charge in [0.15, 0.2) is 0 Å². The summed E-state index contributed by atoms with van der Waals surface area (Å²) in [6.45, 7) is 5.78. The van der Waals surface area contributed by atoms with E-state index in [1.165, 1.54) is 11.3 Å². The van der Waals surface area contributed by atoms with E-state index in [9.17, 15) is 9.59 Å². The van der Waals surface area contributed by atoms with E-state index in [2.05, 4.69) is 25.2 Å². The number of nitrogens with one attached hydrogen (secondary N) is 3. The molecule has 0 saturated carbocycles. The molecule has 1 aliphatic heterocycles. The number of benzene rings is 1. The Morgan fingerprint density at radius 2 is 1.96 bits per heavy atom. The molecule has 3 aromatic rings. The van der Waals surface area contributed by atoms with Crippen molar-refractivity contribution in [3.8, 4) is 0 Å². The molecule has 1 fully saturated rings. The Labute approximate surface area is 154 Å². The Bertz CT molecular complexity index is 1030. The molecule has 136 valence electrons. The fourth-order valence-corrected chi connectivity index (χ4v) is 4.28. The predicted octanol–water partition coefficient (Wildman–Crippen LogP) is 3.04. The second kappa shape index (κ2) is 6.60. The van der Waals surface area contributed by atoms with E-state index in [0.29, 0.717) is 16.1 Å². The first kappa shape index (κ1) is 16.8. The molecule has 2 aromatic heterocycles. The molecule has 0 spiro atoms. The van der Waals surface area contributed by atoms with Crippen LogP contribution in [0.15, 0.2) is 16.9 Å². The van der Waals surface area contributed by atoms with Gasteiger partial charge in [0.25, 0.3) is 5.91 Å². The molecule has 0 atom stereocenters. The van der Waals surface area contributed by atoms with Crippen LogP contribution in [0.2, 0.25) is 0 Å². The summed E-state index contributed by atoms with van der Waals surface area (Å²) in [5.74, 6) is -0.155. The molecule has 0 aliphatic carbocycles. The average molecular weight is 371 g/mol. The zero-order chi connectivity index (χ0) is 18.3. The molecule has 1 aromatic carbocycles. The maximum atomic E-state index is 12.8. The Morgan fingerprint density at radius 1 is 1.27 bits per heavy atom. The number of anilines is 2. The van der Waals surface area contributed by atoms with Gasteiger partial charge in [0.1, 0.15) is 4.88 Å². The lowest BCUT2D eigenvalue weighted by atomic mass is 10.2. The van der Waals surface area contributed by atoms with E-state index in [4.69, 9.17) is 0 Å². The first-order chi connectivity index (χ1) is 12.5. The quantitative estimate of drug-likeness (QED) is 0.657. The molecule has 8 heteroatoms. The second-order valence-corrected chi connectivity index (χ2v) is 7.60. The summed E-state index contributed by atoms with van der Waals surface area (Å²) in [6.07, 6.45) is 3.07. The Morgan fingerprint density at radius 3 is 2.62 bits per heavy atom. The number of aromatic amines is 2. The first-order valence-corrected chi connectivity index (χ1v) is 9.65. The van der Waals surface area contributed by atoms with Crippen LogP contribution in [-0.4, -0.2) is 33.9 Å². The standard InChI is InChI=1S/C18H21N5O2S/c1-3-15-19-10(2)16(26-15)17(24)20-13-8-11-12(22-18(25)21-11)9-14(13)23-6-4-5-7-23/h8-9H,3-7H2,1-2H3,(H,20,24)(H2,21,22,25). The van der Waals surface area contributed by atoms with Crippen molar-refractivity contribution >= 4 is 39.7 Å². The third kappa shape index (κ3) is 3.01. The Hall–Kier alpha value is -2.61. The van der Waals surface area contributed by atoms with Gasteiger partial charge >= 0.3 is 5.69 Å². The fraction of sp³-hybridized carbons (Fsp3) is 0.389. The maximum absolute atomic E-state index is 12.8. The summed E-state index contributed by atoms with van der Waals surface area (Å²) < 4.78 is 0. The van der Waals surface area contributed by atoms with Gasteiger partial charge in [0, 0.05) is 13.1 Å². The molecule has 1 saturated heterocycles. The summed E-state index contributed by atoms with van der Waals surface area (Å²) in [4.78, 5) is 37.4. The number of amides is 1. The molecule has 1 aliphatic rings. The number of nitrogens with zero attached hydrogens (tertiary/aromatic N) is 2. The molecule has 3 N–H and O–H groups in total. The monoisotopic (exact) mass is 371 g/mol. The van der Waals surface area contributed by atoms with E-state index in [0.717, 1.165) is 54.3 Å². The van der Waals surface area contributed by atoms with Gasteiger partial charge in [-0.3, -0.25) is 4.79 Å². The molecule has 1 amide bonds. The van der Waals surface area contributed by atoms with Crippen molar-refractivity contribution in [1.29, 1.82) is 0 Å². The minimum absolute atomic E-state index is 0.155. The molecule has 3 heterocycles. The van der Waals surface area contributed by atoms with Crippen LogP contribution in [0.3, 0.4) is 0 Å². The number of thiazole rings is 1. The number of rotatable bonds is 4. The highest BCUT2D eigenvalue weighted by molar-refractivity contribution is 7.13. The van der Waals surface area contributed by atoms with Gasteiger partial charge in [-0.15, -0.1) is 11.3 Å². The number of hydrogen-bond acceptors (Lipinski definition) is 5. The molecular formula is C18H21N5O2S. The van der Waals surface area contributed by atoms with E-state index >= 15 is 0 Å². The van der Waals surface area contributed by atoms with Crippen molar-refractivity contribution in [3.63, 3.8) is 0 Å². The lowest BCUT2D eigenvalue weighted by molar-refractivity contribution is 0.103. The summed E-state index contributed by atoms with van der Waals surface area (Å²) >= 11 is 1.43. The third-order valence-electron chi connectivity index (χ3n) is 4.68. The number of aryl methyl sites for hydroxylation is 2. The minimum Gasteiger partial charge on any atom is -0.370 e. The molecular weight excluding hydrogens is 350 g/mol. The number of fused-ring (bicyclic) bond motifs is 1. The van der Waals surface area contributed by atoms with Gasteiger partial charge in [-0.2, -0.15) is 0 Å². The maximum Gasteiger partial charge on any atom is 0.323 e. The van der Waals surface area contributed by atoms with Crippen molar-refractivity contribution < 1.29 is 4.79 Å². The van der Waals surface area contributed by atoms with Gasteiger partial charge < -0.3 is 20.2 Å². The largest absolute Gasteiger partial charge is 0.370 e. The molecule has 4 rings (SSSR count). The topological polar surface area (TPSA) is 93.9 Å². The fourth-order valence-electron chi connectivity index (χ4n) is 3.38. The number of H-pyrrole nitrogens is 2. The highest BCUT2D eigenvalue weighted by atomic mass is 32.1. The highest BCUT2D eigenvalue weighted by Gasteiger charge is 2.21. The molecule has 0 bridgehead atoms. The van der Waals surface area contributed by atoms with Crippen LogP contribution < -0.4 is 15.9 Å². The summed E-state index contributed by atoms with van der Waals surface area (Å²) in [5, 5.41) is 3.99. The average Bonchev–Trinajstić information content (AvgIpc) is 3.32. The number of carbonyl (C=O) groups is 1. The van der Waals surface area contributed by atoms with Crippen LogP contribution in [-0.2, 0) is 6.42 Å². The van der Waals surface area contributed by atoms with Crippen molar-refractivity contribution in [2.45, 2.75) is 33.1 Å². The summed E-state index contributed by atoms with van der Waals surface area (Å²) in [5.41, 5.74) is 3.59. The van der Waals surface area contributed by atoms with Crippen LogP contribution >= 0.6 is 11.3 Å². The van der Waals surface area contributed by atoms with Crippen LogP contribution in [0, 0.1) is 6.92 Å². The molecule has 26 heavy (non-hydrogen) atoms. The van der Waals surface area contributed by atoms with Gasteiger partial charge in [-0.05, 0) is 38.3 Å². The molecule has 7 nitrogen and oxygen atoms in total. The minimum atomic E-state index is -0.248. The second-order valence-electron chi connectivity index (χ2n) is 6.52. The van der Waals surface area contributed by atoms with Crippen molar-refractivity contribution in [2.75, 3.05) is 23.3 Å². The van der Waals surface area contributed by atoms with Gasteiger partial charge in [0.05, 0.1) is 33.1 Å². The van der Waals surface area contributed by atoms with Crippen LogP contribution in [0.25, 0.3) is 11.0 Å². The summed E-state index contributed by atoms with van der Waals surface area (Å²) in [7, 11) is 0. The van der Waals surface area contributed by atoms with Gasteiger partial charge in [-0.1, -0.05) is 6.92 Å². The van der Waals surface area contributed by atoms with Crippen molar-refractivity contribution in [3.05, 3.63) is 38.2 Å². The van der Waals surface area contributed by atoms with Crippen LogP contribution in [0.1, 0.15) is 40.1 Å². The van der Waals surface area contributed by atoms with E-state index in [1.54, 1.807) is 0 Å². The van der Waals surface area contributed by atoms with Gasteiger partial charge in [-0.25, -0.2) is 9.78 Å². The van der Waals surface area contributed by atoms with Crippen LogP contribution in [0.5, 0.6) is 0 Å².